The molecule has 0 unspecified atom stereocenters. The number of hydrogen-bond donors (Lipinski definition) is 2. The molecular formula is C22H29ClN4O2. The average Bonchev–Trinajstić information content (AvgIpc) is 3.11. The SMILES string of the molecule is CN(Cc1ccccc1)C(=O)NCCC(=O)N1C[C@@H](N)[C@H](c2ccccc2)C1.Cl. The third-order valence-electron chi connectivity index (χ3n) is 5.17. The van der Waals surface area contributed by atoms with Crippen LogP contribution < -0.4 is 11.1 Å². The van der Waals surface area contributed by atoms with Crippen molar-refractivity contribution in [2.24, 2.45) is 5.73 Å². The van der Waals surface area contributed by atoms with Gasteiger partial charge in [0.25, 0.3) is 0 Å². The summed E-state index contributed by atoms with van der Waals surface area (Å²) in [7, 11) is 1.74. The van der Waals surface area contributed by atoms with Crippen LogP contribution in [-0.4, -0.2) is 54.5 Å². The molecule has 2 atom stereocenters. The normalized spacial score (nSPS) is 18.1. The molecule has 0 aromatic heterocycles. The van der Waals surface area contributed by atoms with Crippen molar-refractivity contribution in [3.05, 3.63) is 71.8 Å². The number of likely N-dealkylation sites (tertiary alicyclic amines) is 1. The summed E-state index contributed by atoms with van der Waals surface area (Å²) in [5.74, 6) is 0.191. The molecule has 156 valence electrons. The van der Waals surface area contributed by atoms with Crippen LogP contribution in [-0.2, 0) is 11.3 Å². The number of nitrogens with zero attached hydrogens (tertiary/aromatic N) is 2. The van der Waals surface area contributed by atoms with E-state index in [4.69, 9.17) is 5.73 Å². The number of amides is 3. The van der Waals surface area contributed by atoms with E-state index < -0.39 is 0 Å². The minimum atomic E-state index is -0.183. The third-order valence-corrected chi connectivity index (χ3v) is 5.17. The first-order chi connectivity index (χ1) is 13.5. The molecule has 6 nitrogen and oxygen atoms in total. The fourth-order valence-corrected chi connectivity index (χ4v) is 3.58. The van der Waals surface area contributed by atoms with Crippen LogP contribution in [0.5, 0.6) is 0 Å². The molecule has 0 saturated carbocycles. The molecule has 3 N–H and O–H groups in total. The third kappa shape index (κ3) is 6.21. The monoisotopic (exact) mass is 416 g/mol. The van der Waals surface area contributed by atoms with Crippen molar-refractivity contribution in [2.75, 3.05) is 26.7 Å². The Morgan fingerprint density at radius 2 is 1.69 bits per heavy atom. The van der Waals surface area contributed by atoms with Gasteiger partial charge >= 0.3 is 6.03 Å². The molecular weight excluding hydrogens is 388 g/mol. The standard InChI is InChI=1S/C22H28N4O2.ClH/c1-25(14-17-8-4-2-5-9-17)22(28)24-13-12-21(27)26-15-19(20(23)16-26)18-10-6-3-7-11-18;/h2-11,19-20H,12-16,23H2,1H3,(H,24,28);1H/t19-,20+;/m0./s1. The Labute approximate surface area is 178 Å². The van der Waals surface area contributed by atoms with Gasteiger partial charge in [-0.3, -0.25) is 4.79 Å². The molecule has 3 rings (SSSR count). The van der Waals surface area contributed by atoms with Crippen molar-refractivity contribution < 1.29 is 9.59 Å². The highest BCUT2D eigenvalue weighted by Crippen LogP contribution is 2.26. The van der Waals surface area contributed by atoms with Gasteiger partial charge in [0.05, 0.1) is 0 Å². The maximum Gasteiger partial charge on any atom is 0.317 e. The topological polar surface area (TPSA) is 78.7 Å². The first-order valence-electron chi connectivity index (χ1n) is 9.66. The highest BCUT2D eigenvalue weighted by molar-refractivity contribution is 5.85. The van der Waals surface area contributed by atoms with Gasteiger partial charge in [-0.15, -0.1) is 12.4 Å². The lowest BCUT2D eigenvalue weighted by Crippen LogP contribution is -2.39. The van der Waals surface area contributed by atoms with E-state index in [1.54, 1.807) is 11.9 Å². The maximum atomic E-state index is 12.5. The quantitative estimate of drug-likeness (QED) is 0.759. The second-order valence-electron chi connectivity index (χ2n) is 7.30. The molecule has 0 spiro atoms. The fourth-order valence-electron chi connectivity index (χ4n) is 3.58. The van der Waals surface area contributed by atoms with Crippen LogP contribution in [0.4, 0.5) is 4.79 Å². The van der Waals surface area contributed by atoms with Crippen LogP contribution in [0.2, 0.25) is 0 Å². The van der Waals surface area contributed by atoms with Crippen LogP contribution in [0.25, 0.3) is 0 Å². The summed E-state index contributed by atoms with van der Waals surface area (Å²) in [6, 6.07) is 19.6. The van der Waals surface area contributed by atoms with Gasteiger partial charge in [-0.1, -0.05) is 60.7 Å². The number of halogens is 1. The van der Waals surface area contributed by atoms with E-state index in [2.05, 4.69) is 17.4 Å². The molecule has 2 aromatic rings. The summed E-state index contributed by atoms with van der Waals surface area (Å²) < 4.78 is 0. The summed E-state index contributed by atoms with van der Waals surface area (Å²) in [6.45, 7) is 2.03. The van der Waals surface area contributed by atoms with E-state index in [0.29, 0.717) is 26.2 Å². The summed E-state index contributed by atoms with van der Waals surface area (Å²) >= 11 is 0. The number of nitrogens with one attached hydrogen (secondary N) is 1. The number of rotatable bonds is 6. The minimum absolute atomic E-state index is 0. The van der Waals surface area contributed by atoms with E-state index in [-0.39, 0.29) is 42.7 Å². The molecule has 1 aliphatic heterocycles. The number of carbonyl (C=O) groups excluding carboxylic acids is 2. The van der Waals surface area contributed by atoms with Gasteiger partial charge in [0.15, 0.2) is 0 Å². The first kappa shape index (κ1) is 22.7. The fraction of sp³-hybridized carbons (Fsp3) is 0.364. The predicted octanol–water partition coefficient (Wildman–Crippen LogP) is 2.59. The lowest BCUT2D eigenvalue weighted by Gasteiger charge is -2.19. The zero-order valence-corrected chi connectivity index (χ0v) is 17.5. The maximum absolute atomic E-state index is 12.5. The molecule has 7 heteroatoms. The van der Waals surface area contributed by atoms with Crippen LogP contribution in [0.3, 0.4) is 0 Å². The predicted molar refractivity (Wildman–Crippen MR) is 117 cm³/mol. The molecule has 3 amide bonds. The van der Waals surface area contributed by atoms with Gasteiger partial charge in [0.2, 0.25) is 5.91 Å². The van der Waals surface area contributed by atoms with E-state index >= 15 is 0 Å². The lowest BCUT2D eigenvalue weighted by atomic mass is 9.95. The van der Waals surface area contributed by atoms with E-state index in [1.807, 2.05) is 53.4 Å². The van der Waals surface area contributed by atoms with Gasteiger partial charge in [-0.25, -0.2) is 4.79 Å². The molecule has 1 fully saturated rings. The highest BCUT2D eigenvalue weighted by atomic mass is 35.5. The van der Waals surface area contributed by atoms with Gasteiger partial charge in [-0.2, -0.15) is 0 Å². The zero-order chi connectivity index (χ0) is 19.9. The van der Waals surface area contributed by atoms with Gasteiger partial charge in [0, 0.05) is 51.6 Å². The molecule has 1 aliphatic rings. The number of benzene rings is 2. The first-order valence-corrected chi connectivity index (χ1v) is 9.66. The summed E-state index contributed by atoms with van der Waals surface area (Å²) in [5.41, 5.74) is 8.49. The van der Waals surface area contributed by atoms with E-state index in [9.17, 15) is 9.59 Å². The Morgan fingerprint density at radius 1 is 1.07 bits per heavy atom. The van der Waals surface area contributed by atoms with Crippen molar-refractivity contribution in [3.63, 3.8) is 0 Å². The van der Waals surface area contributed by atoms with Crippen LogP contribution in [0.15, 0.2) is 60.7 Å². The van der Waals surface area contributed by atoms with Gasteiger partial charge < -0.3 is 20.9 Å². The zero-order valence-electron chi connectivity index (χ0n) is 16.7. The van der Waals surface area contributed by atoms with Crippen molar-refractivity contribution in [1.82, 2.24) is 15.1 Å². The van der Waals surface area contributed by atoms with Crippen LogP contribution in [0, 0.1) is 0 Å². The molecule has 2 aromatic carbocycles. The number of nitrogens with two attached hydrogens (primary N) is 1. The Kier molecular flexibility index (Phi) is 8.49. The Balaban J connectivity index is 0.00000300. The summed E-state index contributed by atoms with van der Waals surface area (Å²) in [5, 5.41) is 2.82. The van der Waals surface area contributed by atoms with Gasteiger partial charge in [0.1, 0.15) is 0 Å². The number of urea groups is 1. The Bertz CT molecular complexity index is 788. The Hall–Kier alpha value is -2.57. The van der Waals surface area contributed by atoms with E-state index in [1.165, 1.54) is 5.56 Å². The number of carbonyl (C=O) groups is 2. The smallest absolute Gasteiger partial charge is 0.317 e. The molecule has 1 saturated heterocycles. The molecule has 0 radical (unpaired) electrons. The van der Waals surface area contributed by atoms with E-state index in [0.717, 1.165) is 5.56 Å². The minimum Gasteiger partial charge on any atom is -0.340 e. The molecule has 0 aliphatic carbocycles. The largest absolute Gasteiger partial charge is 0.340 e. The van der Waals surface area contributed by atoms with Crippen molar-refractivity contribution in [3.8, 4) is 0 Å². The molecule has 0 bridgehead atoms. The van der Waals surface area contributed by atoms with Crippen molar-refractivity contribution >= 4 is 24.3 Å². The second-order valence-corrected chi connectivity index (χ2v) is 7.30. The molecule has 1 heterocycles. The van der Waals surface area contributed by atoms with Crippen LogP contribution >= 0.6 is 12.4 Å². The van der Waals surface area contributed by atoms with Crippen molar-refractivity contribution in [1.29, 1.82) is 0 Å². The van der Waals surface area contributed by atoms with Crippen molar-refractivity contribution in [2.45, 2.75) is 24.9 Å². The van der Waals surface area contributed by atoms with Crippen LogP contribution in [0.1, 0.15) is 23.5 Å². The highest BCUT2D eigenvalue weighted by Gasteiger charge is 2.33. The number of hydrogen-bond acceptors (Lipinski definition) is 3. The Morgan fingerprint density at radius 3 is 2.34 bits per heavy atom. The second kappa shape index (κ2) is 10.8. The summed E-state index contributed by atoms with van der Waals surface area (Å²) in [6.07, 6.45) is 0.277. The summed E-state index contributed by atoms with van der Waals surface area (Å²) in [4.78, 5) is 28.1. The lowest BCUT2D eigenvalue weighted by molar-refractivity contribution is -0.130. The molecule has 29 heavy (non-hydrogen) atoms. The average molecular weight is 417 g/mol. The van der Waals surface area contributed by atoms with Gasteiger partial charge in [-0.05, 0) is 11.1 Å².